The molecule has 0 unspecified atom stereocenters. The van der Waals surface area contributed by atoms with Gasteiger partial charge in [-0.05, 0) is 31.0 Å². The van der Waals surface area contributed by atoms with Crippen molar-refractivity contribution in [2.24, 2.45) is 0 Å². The predicted molar refractivity (Wildman–Crippen MR) is 111 cm³/mol. The van der Waals surface area contributed by atoms with Crippen molar-refractivity contribution in [1.29, 1.82) is 0 Å². The van der Waals surface area contributed by atoms with Crippen LogP contribution in [0.2, 0.25) is 0 Å². The van der Waals surface area contributed by atoms with E-state index in [9.17, 15) is 9.59 Å². The van der Waals surface area contributed by atoms with Gasteiger partial charge in [-0.2, -0.15) is 4.98 Å². The molecule has 29 heavy (non-hydrogen) atoms. The van der Waals surface area contributed by atoms with Gasteiger partial charge in [0.1, 0.15) is 6.54 Å². The molecular formula is C22H20N4O3. The fourth-order valence-electron chi connectivity index (χ4n) is 3.37. The van der Waals surface area contributed by atoms with Crippen LogP contribution in [0.4, 0.5) is 5.69 Å². The summed E-state index contributed by atoms with van der Waals surface area (Å²) in [5.74, 6) is 0.506. The number of rotatable bonds is 5. The van der Waals surface area contributed by atoms with Crippen LogP contribution < -0.4 is 10.9 Å². The topological polar surface area (TPSA) is 90.0 Å². The van der Waals surface area contributed by atoms with Crippen LogP contribution in [0.1, 0.15) is 18.3 Å². The van der Waals surface area contributed by atoms with Gasteiger partial charge in [0.15, 0.2) is 5.82 Å². The summed E-state index contributed by atoms with van der Waals surface area (Å²) in [6.07, 6.45) is 0.803. The zero-order valence-electron chi connectivity index (χ0n) is 16.2. The van der Waals surface area contributed by atoms with E-state index in [4.69, 9.17) is 4.52 Å². The van der Waals surface area contributed by atoms with E-state index in [1.54, 1.807) is 13.0 Å². The number of benzene rings is 2. The van der Waals surface area contributed by atoms with E-state index in [0.29, 0.717) is 16.9 Å². The Kier molecular flexibility index (Phi) is 4.95. The summed E-state index contributed by atoms with van der Waals surface area (Å²) in [6, 6.07) is 16.4. The van der Waals surface area contributed by atoms with Crippen LogP contribution in [-0.4, -0.2) is 20.6 Å². The van der Waals surface area contributed by atoms with Gasteiger partial charge in [-0.15, -0.1) is 0 Å². The number of nitrogens with zero attached hydrogens (tertiary/aromatic N) is 3. The summed E-state index contributed by atoms with van der Waals surface area (Å²) in [7, 11) is 0. The molecule has 0 fully saturated rings. The summed E-state index contributed by atoms with van der Waals surface area (Å²) in [5, 5.41) is 7.48. The Bertz CT molecular complexity index is 1260. The Morgan fingerprint density at radius 3 is 2.66 bits per heavy atom. The highest BCUT2D eigenvalue weighted by Crippen LogP contribution is 2.26. The van der Waals surface area contributed by atoms with Crippen LogP contribution in [0.15, 0.2) is 63.9 Å². The quantitative estimate of drug-likeness (QED) is 0.565. The van der Waals surface area contributed by atoms with E-state index in [2.05, 4.69) is 15.5 Å². The van der Waals surface area contributed by atoms with Crippen LogP contribution >= 0.6 is 0 Å². The highest BCUT2D eigenvalue weighted by atomic mass is 16.5. The first-order chi connectivity index (χ1) is 14.1. The van der Waals surface area contributed by atoms with E-state index in [-0.39, 0.29) is 23.9 Å². The molecule has 2 aromatic carbocycles. The largest absolute Gasteiger partial charge is 0.334 e. The van der Waals surface area contributed by atoms with Gasteiger partial charge in [-0.1, -0.05) is 48.5 Å². The predicted octanol–water partition coefficient (Wildman–Crippen LogP) is 3.56. The SMILES string of the molecule is CCc1ccccc1NC(=O)Cn1c(=O)cc(-c2nc(C)no2)c2ccccc21. The maximum Gasteiger partial charge on any atom is 0.258 e. The van der Waals surface area contributed by atoms with Crippen LogP contribution in [0, 0.1) is 6.92 Å². The average Bonchev–Trinajstić information content (AvgIpc) is 3.16. The Labute approximate surface area is 167 Å². The first-order valence-corrected chi connectivity index (χ1v) is 9.38. The molecule has 1 N–H and O–H groups in total. The lowest BCUT2D eigenvalue weighted by molar-refractivity contribution is -0.116. The molecule has 0 spiro atoms. The number of anilines is 1. The van der Waals surface area contributed by atoms with E-state index < -0.39 is 0 Å². The highest BCUT2D eigenvalue weighted by Gasteiger charge is 2.16. The monoisotopic (exact) mass is 388 g/mol. The van der Waals surface area contributed by atoms with Crippen molar-refractivity contribution in [1.82, 2.24) is 14.7 Å². The Hall–Kier alpha value is -3.74. The molecule has 1 amide bonds. The van der Waals surface area contributed by atoms with Gasteiger partial charge in [-0.3, -0.25) is 14.2 Å². The molecule has 0 aliphatic heterocycles. The molecule has 0 aliphatic carbocycles. The third-order valence-electron chi connectivity index (χ3n) is 4.75. The van der Waals surface area contributed by atoms with Crippen LogP contribution in [-0.2, 0) is 17.8 Å². The molecule has 0 radical (unpaired) electrons. The molecule has 2 aromatic heterocycles. The lowest BCUT2D eigenvalue weighted by atomic mass is 10.1. The second-order valence-corrected chi connectivity index (χ2v) is 6.71. The van der Waals surface area contributed by atoms with E-state index in [0.717, 1.165) is 23.1 Å². The van der Waals surface area contributed by atoms with Crippen LogP contribution in [0.25, 0.3) is 22.4 Å². The molecule has 146 valence electrons. The molecule has 4 aromatic rings. The number of pyridine rings is 1. The molecule has 7 heteroatoms. The number of amides is 1. The van der Waals surface area contributed by atoms with Crippen molar-refractivity contribution in [2.75, 3.05) is 5.32 Å². The third kappa shape index (κ3) is 3.67. The van der Waals surface area contributed by atoms with Crippen molar-refractivity contribution in [3.63, 3.8) is 0 Å². The molecule has 0 atom stereocenters. The molecule has 0 aliphatic rings. The second kappa shape index (κ2) is 7.71. The number of para-hydroxylation sites is 2. The van der Waals surface area contributed by atoms with Gasteiger partial charge in [0.25, 0.3) is 11.4 Å². The average molecular weight is 388 g/mol. The normalized spacial score (nSPS) is 11.0. The zero-order valence-corrected chi connectivity index (χ0v) is 16.2. The molecule has 0 saturated heterocycles. The minimum absolute atomic E-state index is 0.0967. The molecule has 0 saturated carbocycles. The molecule has 4 rings (SSSR count). The standard InChI is InChI=1S/C22H20N4O3/c1-3-15-8-4-6-10-18(15)24-20(27)13-26-19-11-7-5-9-16(19)17(12-21(26)28)22-23-14(2)25-29-22/h4-12H,3,13H2,1-2H3,(H,24,27). The summed E-state index contributed by atoms with van der Waals surface area (Å²) >= 11 is 0. The second-order valence-electron chi connectivity index (χ2n) is 6.71. The number of aryl methyl sites for hydroxylation is 2. The maximum atomic E-state index is 12.8. The van der Waals surface area contributed by atoms with Crippen LogP contribution in [0.5, 0.6) is 0 Å². The first-order valence-electron chi connectivity index (χ1n) is 9.38. The van der Waals surface area contributed by atoms with Gasteiger partial charge in [0.05, 0.1) is 11.1 Å². The zero-order chi connectivity index (χ0) is 20.4. The van der Waals surface area contributed by atoms with Crippen molar-refractivity contribution in [3.8, 4) is 11.5 Å². The van der Waals surface area contributed by atoms with E-state index >= 15 is 0 Å². The molecular weight excluding hydrogens is 368 g/mol. The Morgan fingerprint density at radius 2 is 1.90 bits per heavy atom. The lowest BCUT2D eigenvalue weighted by Crippen LogP contribution is -2.28. The highest BCUT2D eigenvalue weighted by molar-refractivity contribution is 5.95. The molecule has 7 nitrogen and oxygen atoms in total. The number of hydrogen-bond acceptors (Lipinski definition) is 5. The summed E-state index contributed by atoms with van der Waals surface area (Å²) < 4.78 is 6.70. The van der Waals surface area contributed by atoms with Crippen molar-refractivity contribution in [2.45, 2.75) is 26.8 Å². The lowest BCUT2D eigenvalue weighted by Gasteiger charge is -2.13. The Morgan fingerprint density at radius 1 is 1.14 bits per heavy atom. The fourth-order valence-corrected chi connectivity index (χ4v) is 3.37. The fraction of sp³-hybridized carbons (Fsp3) is 0.182. The molecule has 2 heterocycles. The summed E-state index contributed by atoms with van der Waals surface area (Å²) in [4.78, 5) is 29.8. The van der Waals surface area contributed by atoms with Gasteiger partial charge in [-0.25, -0.2) is 0 Å². The number of carbonyl (C=O) groups is 1. The first kappa shape index (κ1) is 18.6. The summed E-state index contributed by atoms with van der Waals surface area (Å²) in [6.45, 7) is 3.65. The van der Waals surface area contributed by atoms with E-state index in [1.165, 1.54) is 10.6 Å². The molecule has 0 bridgehead atoms. The van der Waals surface area contributed by atoms with Gasteiger partial charge >= 0.3 is 0 Å². The Balaban J connectivity index is 1.72. The van der Waals surface area contributed by atoms with Gasteiger partial charge in [0.2, 0.25) is 5.91 Å². The smallest absolute Gasteiger partial charge is 0.258 e. The van der Waals surface area contributed by atoms with Crippen molar-refractivity contribution in [3.05, 3.63) is 76.3 Å². The van der Waals surface area contributed by atoms with Gasteiger partial charge in [0, 0.05) is 17.1 Å². The summed E-state index contributed by atoms with van der Waals surface area (Å²) in [5.41, 5.74) is 2.67. The minimum Gasteiger partial charge on any atom is -0.334 e. The minimum atomic E-state index is -0.312. The number of nitrogens with one attached hydrogen (secondary N) is 1. The van der Waals surface area contributed by atoms with E-state index in [1.807, 2.05) is 49.4 Å². The van der Waals surface area contributed by atoms with Crippen molar-refractivity contribution < 1.29 is 9.32 Å². The number of aromatic nitrogens is 3. The third-order valence-corrected chi connectivity index (χ3v) is 4.75. The maximum absolute atomic E-state index is 12.8. The van der Waals surface area contributed by atoms with Gasteiger partial charge < -0.3 is 9.84 Å². The number of hydrogen-bond donors (Lipinski definition) is 1. The van der Waals surface area contributed by atoms with Crippen LogP contribution in [0.3, 0.4) is 0 Å². The number of fused-ring (bicyclic) bond motifs is 1. The van der Waals surface area contributed by atoms with Crippen molar-refractivity contribution >= 4 is 22.5 Å². The number of carbonyl (C=O) groups excluding carboxylic acids is 1.